The second-order valence-electron chi connectivity index (χ2n) is 7.20. The maximum Gasteiger partial charge on any atom is 0.416 e. The summed E-state index contributed by atoms with van der Waals surface area (Å²) < 4.78 is 83.8. The summed E-state index contributed by atoms with van der Waals surface area (Å²) in [6.45, 7) is 0.109. The SMILES string of the molecule is CN(C)c1ccc(OC2CCN(C(=O)c3cc(C(F)(F)F)cc(C(F)(F)F)c3)C2)nn1. The third kappa shape index (κ3) is 5.36. The molecule has 1 fully saturated rings. The van der Waals surface area contributed by atoms with Gasteiger partial charge in [0.1, 0.15) is 6.10 Å². The largest absolute Gasteiger partial charge is 0.471 e. The Morgan fingerprint density at radius 1 is 1.03 bits per heavy atom. The molecule has 0 aliphatic carbocycles. The van der Waals surface area contributed by atoms with Gasteiger partial charge in [-0.15, -0.1) is 10.2 Å². The van der Waals surface area contributed by atoms with E-state index in [1.165, 1.54) is 0 Å². The topological polar surface area (TPSA) is 58.6 Å². The van der Waals surface area contributed by atoms with Crippen LogP contribution in [0.25, 0.3) is 0 Å². The number of carbonyl (C=O) groups excluding carboxylic acids is 1. The van der Waals surface area contributed by atoms with Crippen molar-refractivity contribution in [1.82, 2.24) is 15.1 Å². The van der Waals surface area contributed by atoms with Crippen LogP contribution in [0.5, 0.6) is 5.88 Å². The lowest BCUT2D eigenvalue weighted by Crippen LogP contribution is -2.31. The van der Waals surface area contributed by atoms with E-state index in [4.69, 9.17) is 4.74 Å². The third-order valence-electron chi connectivity index (χ3n) is 4.64. The summed E-state index contributed by atoms with van der Waals surface area (Å²) in [7, 11) is 3.56. The van der Waals surface area contributed by atoms with E-state index >= 15 is 0 Å². The molecule has 1 unspecified atom stereocenters. The van der Waals surface area contributed by atoms with Gasteiger partial charge >= 0.3 is 12.4 Å². The van der Waals surface area contributed by atoms with E-state index in [0.717, 1.165) is 4.90 Å². The number of nitrogens with zero attached hydrogens (tertiary/aromatic N) is 4. The number of amides is 1. The molecule has 1 atom stereocenters. The average Bonchev–Trinajstić information content (AvgIpc) is 3.14. The van der Waals surface area contributed by atoms with Gasteiger partial charge in [0, 0.05) is 38.7 Å². The first-order chi connectivity index (χ1) is 14.3. The molecule has 2 heterocycles. The molecule has 6 nitrogen and oxygen atoms in total. The highest BCUT2D eigenvalue weighted by atomic mass is 19.4. The van der Waals surface area contributed by atoms with E-state index in [1.807, 2.05) is 0 Å². The highest BCUT2D eigenvalue weighted by Crippen LogP contribution is 2.36. The van der Waals surface area contributed by atoms with Crippen LogP contribution < -0.4 is 9.64 Å². The Morgan fingerprint density at radius 3 is 2.13 bits per heavy atom. The molecule has 3 rings (SSSR count). The lowest BCUT2D eigenvalue weighted by Gasteiger charge is -2.19. The minimum atomic E-state index is -5.02. The number of alkyl halides is 6. The number of halogens is 6. The molecule has 0 saturated carbocycles. The summed E-state index contributed by atoms with van der Waals surface area (Å²) in [5, 5.41) is 7.85. The fourth-order valence-corrected chi connectivity index (χ4v) is 3.05. The summed E-state index contributed by atoms with van der Waals surface area (Å²) in [5.74, 6) is -0.138. The normalized spacial score (nSPS) is 17.0. The Balaban J connectivity index is 1.75. The second kappa shape index (κ2) is 8.23. The molecule has 0 spiro atoms. The minimum Gasteiger partial charge on any atom is -0.471 e. The molecule has 1 aliphatic heterocycles. The number of carbonyl (C=O) groups is 1. The quantitative estimate of drug-likeness (QED) is 0.665. The van der Waals surface area contributed by atoms with Gasteiger partial charge in [-0.1, -0.05) is 0 Å². The number of ether oxygens (including phenoxy) is 1. The maximum absolute atomic E-state index is 13.0. The van der Waals surface area contributed by atoms with Crippen molar-refractivity contribution in [3.05, 3.63) is 47.0 Å². The fourth-order valence-electron chi connectivity index (χ4n) is 3.05. The molecule has 1 saturated heterocycles. The van der Waals surface area contributed by atoms with Crippen LogP contribution in [0.2, 0.25) is 0 Å². The number of anilines is 1. The lowest BCUT2D eigenvalue weighted by atomic mass is 10.0. The van der Waals surface area contributed by atoms with Crippen LogP contribution in [-0.4, -0.2) is 54.3 Å². The maximum atomic E-state index is 13.0. The van der Waals surface area contributed by atoms with Crippen molar-refractivity contribution in [1.29, 1.82) is 0 Å². The van der Waals surface area contributed by atoms with Crippen molar-refractivity contribution in [2.24, 2.45) is 0 Å². The average molecular weight is 448 g/mol. The van der Waals surface area contributed by atoms with Crippen molar-refractivity contribution < 1.29 is 35.9 Å². The number of hydrogen-bond donors (Lipinski definition) is 0. The van der Waals surface area contributed by atoms with Crippen molar-refractivity contribution in [2.45, 2.75) is 24.9 Å². The van der Waals surface area contributed by atoms with Gasteiger partial charge in [-0.3, -0.25) is 4.79 Å². The fraction of sp³-hybridized carbons (Fsp3) is 0.421. The van der Waals surface area contributed by atoms with Gasteiger partial charge in [0.2, 0.25) is 5.88 Å². The van der Waals surface area contributed by atoms with Gasteiger partial charge in [0.05, 0.1) is 17.7 Å². The van der Waals surface area contributed by atoms with Crippen molar-refractivity contribution >= 4 is 11.7 Å². The smallest absolute Gasteiger partial charge is 0.416 e. The summed E-state index contributed by atoms with van der Waals surface area (Å²) in [5.41, 5.74) is -3.75. The van der Waals surface area contributed by atoms with E-state index in [1.54, 1.807) is 31.1 Å². The van der Waals surface area contributed by atoms with Gasteiger partial charge in [0.15, 0.2) is 5.82 Å². The van der Waals surface area contributed by atoms with E-state index in [2.05, 4.69) is 10.2 Å². The first-order valence-corrected chi connectivity index (χ1v) is 9.11. The van der Waals surface area contributed by atoms with E-state index < -0.39 is 41.1 Å². The Hall–Kier alpha value is -3.05. The van der Waals surface area contributed by atoms with E-state index in [-0.39, 0.29) is 25.0 Å². The summed E-state index contributed by atoms with van der Waals surface area (Å²) >= 11 is 0. The van der Waals surface area contributed by atoms with Crippen LogP contribution in [0.3, 0.4) is 0 Å². The lowest BCUT2D eigenvalue weighted by molar-refractivity contribution is -0.143. The molecular formula is C19H18F6N4O2. The molecule has 1 aromatic heterocycles. The zero-order chi connectivity index (χ0) is 23.0. The predicted octanol–water partition coefficient (Wildman–Crippen LogP) is 3.87. The number of hydrogen-bond acceptors (Lipinski definition) is 5. The van der Waals surface area contributed by atoms with Gasteiger partial charge < -0.3 is 14.5 Å². The Kier molecular flexibility index (Phi) is 6.01. The highest BCUT2D eigenvalue weighted by Gasteiger charge is 2.38. The number of likely N-dealkylation sites (tertiary alicyclic amines) is 1. The zero-order valence-electron chi connectivity index (χ0n) is 16.5. The van der Waals surface area contributed by atoms with Crippen LogP contribution >= 0.6 is 0 Å². The Bertz CT molecular complexity index is 912. The first kappa shape index (κ1) is 22.6. The van der Waals surface area contributed by atoms with Gasteiger partial charge in [-0.05, 0) is 24.3 Å². The third-order valence-corrected chi connectivity index (χ3v) is 4.64. The summed E-state index contributed by atoms with van der Waals surface area (Å²) in [6, 6.07) is 4.09. The van der Waals surface area contributed by atoms with E-state index in [0.29, 0.717) is 24.4 Å². The molecule has 1 aromatic carbocycles. The standard InChI is InChI=1S/C19H18F6N4O2/c1-28(2)15-3-4-16(27-26-15)31-14-5-6-29(10-14)17(30)11-7-12(18(20,21)22)9-13(8-11)19(23,24)25/h3-4,7-9,14H,5-6,10H2,1-2H3. The summed E-state index contributed by atoms with van der Waals surface area (Å²) in [6.07, 6.45) is -10.2. The summed E-state index contributed by atoms with van der Waals surface area (Å²) in [4.78, 5) is 15.5. The van der Waals surface area contributed by atoms with Gasteiger partial charge in [0.25, 0.3) is 5.91 Å². The molecule has 168 valence electrons. The Morgan fingerprint density at radius 2 is 1.65 bits per heavy atom. The Labute approximate surface area is 173 Å². The molecule has 1 aliphatic rings. The van der Waals surface area contributed by atoms with Crippen LogP contribution in [-0.2, 0) is 12.4 Å². The van der Waals surface area contributed by atoms with Crippen molar-refractivity contribution in [3.8, 4) is 5.88 Å². The van der Waals surface area contributed by atoms with Crippen LogP contribution in [0, 0.1) is 0 Å². The van der Waals surface area contributed by atoms with Crippen LogP contribution in [0.15, 0.2) is 30.3 Å². The van der Waals surface area contributed by atoms with Crippen LogP contribution in [0.1, 0.15) is 27.9 Å². The molecule has 2 aromatic rings. The van der Waals surface area contributed by atoms with E-state index in [9.17, 15) is 31.1 Å². The first-order valence-electron chi connectivity index (χ1n) is 9.11. The second-order valence-corrected chi connectivity index (χ2v) is 7.20. The zero-order valence-corrected chi connectivity index (χ0v) is 16.5. The minimum absolute atomic E-state index is 0.00641. The molecule has 12 heteroatoms. The number of rotatable bonds is 4. The molecule has 0 radical (unpaired) electrons. The molecule has 0 bridgehead atoms. The van der Waals surface area contributed by atoms with Crippen molar-refractivity contribution in [3.63, 3.8) is 0 Å². The molecule has 31 heavy (non-hydrogen) atoms. The molecular weight excluding hydrogens is 430 g/mol. The monoisotopic (exact) mass is 448 g/mol. The predicted molar refractivity (Wildman–Crippen MR) is 97.7 cm³/mol. The van der Waals surface area contributed by atoms with Crippen molar-refractivity contribution in [2.75, 3.05) is 32.1 Å². The van der Waals surface area contributed by atoms with Crippen LogP contribution in [0.4, 0.5) is 32.2 Å². The number of aromatic nitrogens is 2. The number of benzene rings is 1. The highest BCUT2D eigenvalue weighted by molar-refractivity contribution is 5.95. The molecule has 0 N–H and O–H groups in total. The van der Waals surface area contributed by atoms with Gasteiger partial charge in [-0.25, -0.2) is 0 Å². The van der Waals surface area contributed by atoms with Gasteiger partial charge in [-0.2, -0.15) is 26.3 Å². The molecule has 1 amide bonds.